The van der Waals surface area contributed by atoms with E-state index in [9.17, 15) is 0 Å². The van der Waals surface area contributed by atoms with Crippen LogP contribution in [0.25, 0.3) is 78.4 Å². The van der Waals surface area contributed by atoms with Gasteiger partial charge in [0.2, 0.25) is 0 Å². The Labute approximate surface area is 311 Å². The highest BCUT2D eigenvalue weighted by molar-refractivity contribution is 6.05. The molecular weight excluding hydrogens is 667 g/mol. The molecule has 1 aliphatic carbocycles. The van der Waals surface area contributed by atoms with Crippen LogP contribution in [0.5, 0.6) is 23.0 Å². The van der Waals surface area contributed by atoms with Gasteiger partial charge >= 0.3 is 0 Å². The molecule has 0 radical (unpaired) electrons. The molecule has 0 spiro atoms. The number of para-hydroxylation sites is 2. The molecular formula is C48H31N3O3. The maximum absolute atomic E-state index is 6.88. The molecule has 1 aliphatic heterocycles. The Morgan fingerprint density at radius 1 is 0.426 bits per heavy atom. The predicted octanol–water partition coefficient (Wildman–Crippen LogP) is 12.6. The number of furan rings is 1. The Kier molecular flexibility index (Phi) is 6.49. The Bertz CT molecular complexity index is 2970. The highest BCUT2D eigenvalue weighted by atomic mass is 16.6. The SMILES string of the molecule is CC1(C)c2ccccc2-c2c1ccc1c2Oc2c(cccc2-c2ccc(-c3nc(-c4ccccc4)nc(-c4ccc5c(c4)oc4ccccc45)n3)cc2)O1. The first-order chi connectivity index (χ1) is 26.5. The molecule has 3 heterocycles. The summed E-state index contributed by atoms with van der Waals surface area (Å²) in [6.45, 7) is 4.54. The van der Waals surface area contributed by atoms with Crippen LogP contribution >= 0.6 is 0 Å². The van der Waals surface area contributed by atoms with Gasteiger partial charge in [-0.1, -0.05) is 135 Å². The van der Waals surface area contributed by atoms with Crippen LogP contribution in [0, 0.1) is 0 Å². The number of fused-ring (bicyclic) bond motifs is 9. The average molecular weight is 698 g/mol. The number of rotatable bonds is 4. The quantitative estimate of drug-likeness (QED) is 0.182. The van der Waals surface area contributed by atoms with Crippen LogP contribution in [-0.2, 0) is 5.41 Å². The van der Waals surface area contributed by atoms with Crippen LogP contribution in [-0.4, -0.2) is 15.0 Å². The van der Waals surface area contributed by atoms with Crippen LogP contribution in [0.15, 0.2) is 156 Å². The molecule has 0 N–H and O–H groups in total. The third-order valence-corrected chi connectivity index (χ3v) is 10.8. The maximum Gasteiger partial charge on any atom is 0.178 e. The Balaban J connectivity index is 0.984. The molecule has 0 atom stereocenters. The van der Waals surface area contributed by atoms with E-state index in [1.807, 2.05) is 72.8 Å². The molecule has 9 aromatic rings. The van der Waals surface area contributed by atoms with Gasteiger partial charge in [-0.05, 0) is 52.6 Å². The average Bonchev–Trinajstić information content (AvgIpc) is 3.71. The van der Waals surface area contributed by atoms with Crippen molar-refractivity contribution in [2.24, 2.45) is 0 Å². The number of hydrogen-bond donors (Lipinski definition) is 0. The monoisotopic (exact) mass is 697 g/mol. The fourth-order valence-corrected chi connectivity index (χ4v) is 8.09. The van der Waals surface area contributed by atoms with Crippen LogP contribution < -0.4 is 9.47 Å². The number of benzene rings is 7. The van der Waals surface area contributed by atoms with Gasteiger partial charge in [-0.25, -0.2) is 15.0 Å². The molecule has 0 fully saturated rings. The summed E-state index contributed by atoms with van der Waals surface area (Å²) in [6, 6.07) is 51.4. The van der Waals surface area contributed by atoms with Crippen LogP contribution in [0.4, 0.5) is 0 Å². The van der Waals surface area contributed by atoms with Crippen molar-refractivity contribution in [3.63, 3.8) is 0 Å². The largest absolute Gasteiger partial charge is 0.456 e. The summed E-state index contributed by atoms with van der Waals surface area (Å²) >= 11 is 0. The molecule has 0 saturated carbocycles. The Hall–Kier alpha value is -7.05. The van der Waals surface area contributed by atoms with Gasteiger partial charge in [0, 0.05) is 44.0 Å². The summed E-state index contributed by atoms with van der Waals surface area (Å²) in [5, 5.41) is 2.14. The van der Waals surface area contributed by atoms with E-state index in [0.29, 0.717) is 29.0 Å². The van der Waals surface area contributed by atoms with E-state index in [4.69, 9.17) is 28.8 Å². The zero-order valence-electron chi connectivity index (χ0n) is 29.5. The lowest BCUT2D eigenvalue weighted by Gasteiger charge is -2.26. The highest BCUT2D eigenvalue weighted by Gasteiger charge is 2.39. The van der Waals surface area contributed by atoms with Crippen molar-refractivity contribution < 1.29 is 13.9 Å². The van der Waals surface area contributed by atoms with Crippen molar-refractivity contribution >= 4 is 21.9 Å². The van der Waals surface area contributed by atoms with Gasteiger partial charge < -0.3 is 13.9 Å². The molecule has 0 unspecified atom stereocenters. The van der Waals surface area contributed by atoms with Gasteiger partial charge in [0.25, 0.3) is 0 Å². The van der Waals surface area contributed by atoms with E-state index in [2.05, 4.69) is 92.7 Å². The molecule has 11 rings (SSSR count). The molecule has 6 nitrogen and oxygen atoms in total. The van der Waals surface area contributed by atoms with Crippen molar-refractivity contribution in [1.82, 2.24) is 15.0 Å². The van der Waals surface area contributed by atoms with Gasteiger partial charge in [-0.15, -0.1) is 0 Å². The third kappa shape index (κ3) is 4.63. The number of ether oxygens (including phenoxy) is 2. The summed E-state index contributed by atoms with van der Waals surface area (Å²) in [7, 11) is 0. The van der Waals surface area contributed by atoms with Crippen LogP contribution in [0.1, 0.15) is 25.0 Å². The minimum atomic E-state index is -0.143. The predicted molar refractivity (Wildman–Crippen MR) is 213 cm³/mol. The van der Waals surface area contributed by atoms with Gasteiger partial charge in [-0.2, -0.15) is 0 Å². The van der Waals surface area contributed by atoms with Gasteiger partial charge in [0.1, 0.15) is 11.2 Å². The van der Waals surface area contributed by atoms with Crippen LogP contribution in [0.2, 0.25) is 0 Å². The van der Waals surface area contributed by atoms with Crippen molar-refractivity contribution in [3.8, 4) is 79.4 Å². The zero-order valence-corrected chi connectivity index (χ0v) is 29.5. The fraction of sp³-hybridized carbons (Fsp3) is 0.0625. The van der Waals surface area contributed by atoms with Gasteiger partial charge in [0.05, 0.1) is 0 Å². The number of hydrogen-bond acceptors (Lipinski definition) is 6. The lowest BCUT2D eigenvalue weighted by Crippen LogP contribution is -2.15. The van der Waals surface area contributed by atoms with Crippen molar-refractivity contribution in [3.05, 3.63) is 163 Å². The van der Waals surface area contributed by atoms with E-state index in [1.54, 1.807) is 0 Å². The molecule has 0 saturated heterocycles. The van der Waals surface area contributed by atoms with Crippen LogP contribution in [0.3, 0.4) is 0 Å². The van der Waals surface area contributed by atoms with Gasteiger partial charge in [-0.3, -0.25) is 0 Å². The topological polar surface area (TPSA) is 70.3 Å². The summed E-state index contributed by atoms with van der Waals surface area (Å²) in [6.07, 6.45) is 0. The van der Waals surface area contributed by atoms with Gasteiger partial charge in [0.15, 0.2) is 40.5 Å². The molecule has 2 aliphatic rings. The van der Waals surface area contributed by atoms with E-state index in [-0.39, 0.29) is 5.41 Å². The number of aromatic nitrogens is 3. The van der Waals surface area contributed by atoms with Crippen molar-refractivity contribution in [1.29, 1.82) is 0 Å². The normalized spacial score (nSPS) is 13.4. The Morgan fingerprint density at radius 3 is 1.89 bits per heavy atom. The summed E-state index contributed by atoms with van der Waals surface area (Å²) < 4.78 is 19.6. The molecule has 54 heavy (non-hydrogen) atoms. The minimum absolute atomic E-state index is 0.143. The lowest BCUT2D eigenvalue weighted by atomic mass is 9.82. The molecule has 2 aromatic heterocycles. The molecule has 256 valence electrons. The van der Waals surface area contributed by atoms with E-state index >= 15 is 0 Å². The smallest absolute Gasteiger partial charge is 0.178 e. The first kappa shape index (κ1) is 30.6. The molecule has 7 aromatic carbocycles. The summed E-state index contributed by atoms with van der Waals surface area (Å²) in [5.74, 6) is 4.62. The maximum atomic E-state index is 6.88. The summed E-state index contributed by atoms with van der Waals surface area (Å²) in [5.41, 5.74) is 10.9. The minimum Gasteiger partial charge on any atom is -0.456 e. The van der Waals surface area contributed by atoms with Crippen molar-refractivity contribution in [2.75, 3.05) is 0 Å². The second kappa shape index (κ2) is 11.5. The molecule has 6 heteroatoms. The second-order valence-electron chi connectivity index (χ2n) is 14.4. The van der Waals surface area contributed by atoms with Crippen molar-refractivity contribution in [2.45, 2.75) is 19.3 Å². The third-order valence-electron chi connectivity index (χ3n) is 10.8. The first-order valence-electron chi connectivity index (χ1n) is 18.1. The highest BCUT2D eigenvalue weighted by Crippen LogP contribution is 2.59. The Morgan fingerprint density at radius 2 is 1.06 bits per heavy atom. The second-order valence-corrected chi connectivity index (χ2v) is 14.4. The lowest BCUT2D eigenvalue weighted by molar-refractivity contribution is 0.361. The molecule has 0 amide bonds. The number of nitrogens with zero attached hydrogens (tertiary/aromatic N) is 3. The first-order valence-corrected chi connectivity index (χ1v) is 18.1. The zero-order chi connectivity index (χ0) is 36.0. The van der Waals surface area contributed by atoms with E-state index < -0.39 is 0 Å². The fourth-order valence-electron chi connectivity index (χ4n) is 8.09. The molecule has 0 bridgehead atoms. The van der Waals surface area contributed by atoms with E-state index in [1.165, 1.54) is 16.7 Å². The standard InChI is InChI=1S/C48H31N3O3/c1-48(2)36-16-8-6-14-35(36)42-37(48)25-26-40-44(42)54-43-32(15-10-18-39(43)53-40)28-19-21-30(22-20-28)46-49-45(29-11-4-3-5-12-29)50-47(51-46)31-23-24-34-33-13-7-9-17-38(33)52-41(34)27-31/h3-27H,1-2H3. The van der Waals surface area contributed by atoms with E-state index in [0.717, 1.165) is 66.8 Å². The summed E-state index contributed by atoms with van der Waals surface area (Å²) in [4.78, 5) is 14.9.